The van der Waals surface area contributed by atoms with Crippen molar-refractivity contribution in [1.82, 2.24) is 10.2 Å². The zero-order valence-corrected chi connectivity index (χ0v) is 11.6. The Labute approximate surface area is 94.5 Å². The molecule has 1 atom stereocenters. The predicted molar refractivity (Wildman–Crippen MR) is 68.1 cm³/mol. The van der Waals surface area contributed by atoms with Crippen LogP contribution in [0.4, 0.5) is 0 Å². The first-order valence-electron chi connectivity index (χ1n) is 5.42. The summed E-state index contributed by atoms with van der Waals surface area (Å²) in [6.45, 7) is 10.3. The van der Waals surface area contributed by atoms with Gasteiger partial charge >= 0.3 is 0 Å². The highest BCUT2D eigenvalue weighted by Crippen LogP contribution is 2.07. The molecule has 0 spiro atoms. The maximum absolute atomic E-state index is 7.24. The van der Waals surface area contributed by atoms with E-state index in [1.54, 1.807) is 0 Å². The normalized spacial score (nSPS) is 13.7. The third kappa shape index (κ3) is 7.53. The van der Waals surface area contributed by atoms with Gasteiger partial charge in [-0.1, -0.05) is 19.6 Å². The summed E-state index contributed by atoms with van der Waals surface area (Å²) >= 11 is 0. The van der Waals surface area contributed by atoms with Crippen LogP contribution < -0.4 is 5.32 Å². The molecule has 0 aromatic heterocycles. The van der Waals surface area contributed by atoms with Gasteiger partial charge in [-0.3, -0.25) is 5.41 Å². The van der Waals surface area contributed by atoms with E-state index in [9.17, 15) is 0 Å². The lowest BCUT2D eigenvalue weighted by molar-refractivity contribution is 0.0541. The summed E-state index contributed by atoms with van der Waals surface area (Å²) in [5.74, 6) is 0. The highest BCUT2D eigenvalue weighted by atomic mass is 28.3. The number of hydrogen-bond acceptors (Lipinski definition) is 3. The fraction of sp³-hybridized carbons (Fsp3) is 0.900. The Bertz CT molecular complexity index is 182. The van der Waals surface area contributed by atoms with Gasteiger partial charge in [0.05, 0.1) is 12.5 Å². The third-order valence-corrected chi connectivity index (χ3v) is 4.02. The smallest absolute Gasteiger partial charge is 0.120 e. The van der Waals surface area contributed by atoms with Crippen molar-refractivity contribution in [2.24, 2.45) is 0 Å². The Balaban J connectivity index is 3.69. The van der Waals surface area contributed by atoms with E-state index < -0.39 is 8.07 Å². The van der Waals surface area contributed by atoms with Crippen molar-refractivity contribution in [3.8, 4) is 0 Å². The van der Waals surface area contributed by atoms with Gasteiger partial charge in [0.2, 0.25) is 0 Å². The van der Waals surface area contributed by atoms with Crippen LogP contribution in [0.3, 0.4) is 0 Å². The van der Waals surface area contributed by atoms with Crippen LogP contribution in [0, 0.1) is 5.41 Å². The molecule has 0 radical (unpaired) electrons. The molecule has 0 saturated carbocycles. The maximum Gasteiger partial charge on any atom is 0.120 e. The summed E-state index contributed by atoms with van der Waals surface area (Å²) in [6.07, 6.45) is 1.46. The number of ether oxygens (including phenoxy) is 1. The van der Waals surface area contributed by atoms with Crippen LogP contribution in [0.2, 0.25) is 25.7 Å². The fourth-order valence-corrected chi connectivity index (χ4v) is 1.73. The van der Waals surface area contributed by atoms with Gasteiger partial charge in [0.25, 0.3) is 0 Å². The Kier molecular flexibility index (Phi) is 6.79. The van der Waals surface area contributed by atoms with Gasteiger partial charge in [-0.25, -0.2) is 0 Å². The van der Waals surface area contributed by atoms with Crippen molar-refractivity contribution in [2.45, 2.75) is 38.8 Å². The highest BCUT2D eigenvalue weighted by Gasteiger charge is 2.13. The molecule has 0 aromatic rings. The molecule has 0 aliphatic rings. The molecule has 15 heavy (non-hydrogen) atoms. The molecule has 0 amide bonds. The van der Waals surface area contributed by atoms with Crippen molar-refractivity contribution in [3.05, 3.63) is 0 Å². The van der Waals surface area contributed by atoms with Crippen LogP contribution >= 0.6 is 0 Å². The standard InChI is InChI=1S/C10H25N3OSi/c1-10(12-2)13(8-11)9-14-6-7-15(3,4)5/h8,10-12H,6-7,9H2,1-5H3. The molecule has 0 aliphatic carbocycles. The topological polar surface area (TPSA) is 48.4 Å². The Hall–Kier alpha value is -0.393. The lowest BCUT2D eigenvalue weighted by Gasteiger charge is -2.26. The van der Waals surface area contributed by atoms with Gasteiger partial charge in [-0.15, -0.1) is 0 Å². The lowest BCUT2D eigenvalue weighted by atomic mass is 10.5. The van der Waals surface area contributed by atoms with Gasteiger partial charge in [0.15, 0.2) is 0 Å². The summed E-state index contributed by atoms with van der Waals surface area (Å²) in [4.78, 5) is 1.82. The SMILES string of the molecule is CNC(C)N(C=N)COCC[Si](C)(C)C. The van der Waals surface area contributed by atoms with E-state index in [1.165, 1.54) is 12.4 Å². The average molecular weight is 231 g/mol. The molecule has 0 bridgehead atoms. The maximum atomic E-state index is 7.24. The zero-order chi connectivity index (χ0) is 11.9. The number of nitrogens with one attached hydrogen (secondary N) is 2. The minimum Gasteiger partial charge on any atom is -0.361 e. The van der Waals surface area contributed by atoms with Crippen molar-refractivity contribution < 1.29 is 4.74 Å². The molecule has 90 valence electrons. The second-order valence-electron chi connectivity index (χ2n) is 4.96. The molecule has 0 rings (SSSR count). The zero-order valence-electron chi connectivity index (χ0n) is 10.6. The molecular formula is C10H25N3OSi. The first kappa shape index (κ1) is 14.6. The molecule has 0 aromatic carbocycles. The van der Waals surface area contributed by atoms with Crippen LogP contribution in [0.15, 0.2) is 0 Å². The second kappa shape index (κ2) is 6.98. The molecule has 2 N–H and O–H groups in total. The number of nitrogens with zero attached hydrogens (tertiary/aromatic N) is 1. The molecule has 0 heterocycles. The van der Waals surface area contributed by atoms with E-state index in [-0.39, 0.29) is 6.17 Å². The predicted octanol–water partition coefficient (Wildman–Crippen LogP) is 1.77. The summed E-state index contributed by atoms with van der Waals surface area (Å²) in [7, 11) is 0.887. The molecule has 5 heteroatoms. The van der Waals surface area contributed by atoms with E-state index in [1.807, 2.05) is 18.9 Å². The van der Waals surface area contributed by atoms with Crippen LogP contribution in [0.1, 0.15) is 6.92 Å². The monoisotopic (exact) mass is 231 g/mol. The summed E-state index contributed by atoms with van der Waals surface area (Å²) in [5, 5.41) is 10.3. The van der Waals surface area contributed by atoms with E-state index in [2.05, 4.69) is 25.0 Å². The van der Waals surface area contributed by atoms with Crippen LogP contribution in [0.5, 0.6) is 0 Å². The first-order valence-corrected chi connectivity index (χ1v) is 9.13. The quantitative estimate of drug-likeness (QED) is 0.220. The average Bonchev–Trinajstić information content (AvgIpc) is 2.15. The molecule has 0 saturated heterocycles. The molecular weight excluding hydrogens is 206 g/mol. The van der Waals surface area contributed by atoms with Crippen LogP contribution in [-0.4, -0.2) is 45.9 Å². The second-order valence-corrected chi connectivity index (χ2v) is 10.6. The largest absolute Gasteiger partial charge is 0.361 e. The van der Waals surface area contributed by atoms with E-state index in [0.717, 1.165) is 6.61 Å². The first-order chi connectivity index (χ1) is 6.90. The van der Waals surface area contributed by atoms with Crippen molar-refractivity contribution in [2.75, 3.05) is 20.4 Å². The van der Waals surface area contributed by atoms with Gasteiger partial charge in [-0.05, 0) is 20.0 Å². The fourth-order valence-electron chi connectivity index (χ4n) is 0.975. The highest BCUT2D eigenvalue weighted by molar-refractivity contribution is 6.76. The van der Waals surface area contributed by atoms with E-state index >= 15 is 0 Å². The summed E-state index contributed by atoms with van der Waals surface area (Å²) < 4.78 is 5.56. The van der Waals surface area contributed by atoms with Gasteiger partial charge in [0, 0.05) is 14.7 Å². The van der Waals surface area contributed by atoms with Crippen LogP contribution in [-0.2, 0) is 4.74 Å². The van der Waals surface area contributed by atoms with E-state index in [4.69, 9.17) is 10.1 Å². The van der Waals surface area contributed by atoms with Gasteiger partial charge in [-0.2, -0.15) is 0 Å². The third-order valence-electron chi connectivity index (χ3n) is 2.32. The number of rotatable bonds is 8. The number of hydrogen-bond donors (Lipinski definition) is 2. The van der Waals surface area contributed by atoms with E-state index in [0.29, 0.717) is 6.73 Å². The molecule has 4 nitrogen and oxygen atoms in total. The summed E-state index contributed by atoms with van der Waals surface area (Å²) in [6, 6.07) is 1.17. The van der Waals surface area contributed by atoms with Crippen molar-refractivity contribution in [1.29, 1.82) is 5.41 Å². The van der Waals surface area contributed by atoms with Crippen LogP contribution in [0.25, 0.3) is 0 Å². The Morgan fingerprint density at radius 2 is 2.07 bits per heavy atom. The van der Waals surface area contributed by atoms with Crippen molar-refractivity contribution in [3.63, 3.8) is 0 Å². The Morgan fingerprint density at radius 1 is 1.47 bits per heavy atom. The minimum absolute atomic E-state index is 0.148. The van der Waals surface area contributed by atoms with Gasteiger partial charge in [0.1, 0.15) is 6.73 Å². The van der Waals surface area contributed by atoms with Crippen molar-refractivity contribution >= 4 is 14.4 Å². The molecule has 0 aliphatic heterocycles. The molecule has 0 fully saturated rings. The lowest BCUT2D eigenvalue weighted by Crippen LogP contribution is -2.42. The molecule has 1 unspecified atom stereocenters. The summed E-state index contributed by atoms with van der Waals surface area (Å²) in [5.41, 5.74) is 0. The Morgan fingerprint density at radius 3 is 2.47 bits per heavy atom. The minimum atomic E-state index is -0.991. The van der Waals surface area contributed by atoms with Gasteiger partial charge < -0.3 is 15.0 Å².